The van der Waals surface area contributed by atoms with Gasteiger partial charge in [0, 0.05) is 17.3 Å². The standard InChI is InChI=1S/C14H15F2NO2/c1-8(2)11-7-10(5-6-17-4)9(3)12-13(11)19-14(15,16)18-12/h5-8H,4H2,1-3H3. The lowest BCUT2D eigenvalue weighted by molar-refractivity contribution is -0.287. The smallest absolute Gasteiger partial charge is 0.395 e. The maximum atomic E-state index is 13.3. The van der Waals surface area contributed by atoms with Crippen molar-refractivity contribution in [3.8, 4) is 11.5 Å². The first-order chi connectivity index (χ1) is 8.85. The third-order valence-corrected chi connectivity index (χ3v) is 2.98. The molecule has 1 aromatic carbocycles. The molecule has 0 bridgehead atoms. The minimum Gasteiger partial charge on any atom is -0.395 e. The van der Waals surface area contributed by atoms with Gasteiger partial charge in [0.15, 0.2) is 11.5 Å². The highest BCUT2D eigenvalue weighted by Gasteiger charge is 2.45. The molecule has 0 radical (unpaired) electrons. The van der Waals surface area contributed by atoms with Crippen LogP contribution >= 0.6 is 0 Å². The van der Waals surface area contributed by atoms with Crippen LogP contribution in [-0.2, 0) is 0 Å². The number of hydrogen-bond acceptors (Lipinski definition) is 3. The highest BCUT2D eigenvalue weighted by molar-refractivity contribution is 5.66. The van der Waals surface area contributed by atoms with Gasteiger partial charge in [0.25, 0.3) is 0 Å². The minimum absolute atomic E-state index is 0.0377. The number of halogens is 2. The zero-order chi connectivity index (χ0) is 14.2. The molecule has 0 saturated carbocycles. The molecule has 0 saturated heterocycles. The third kappa shape index (κ3) is 2.45. The van der Waals surface area contributed by atoms with Crippen LogP contribution in [0.2, 0.25) is 0 Å². The van der Waals surface area contributed by atoms with Crippen molar-refractivity contribution in [3.63, 3.8) is 0 Å². The number of alkyl halides is 2. The lowest BCUT2D eigenvalue weighted by Crippen LogP contribution is -2.26. The van der Waals surface area contributed by atoms with Crippen LogP contribution in [0.5, 0.6) is 11.5 Å². The summed E-state index contributed by atoms with van der Waals surface area (Å²) in [7, 11) is 0. The van der Waals surface area contributed by atoms with Gasteiger partial charge in [-0.2, -0.15) is 0 Å². The number of rotatable bonds is 3. The maximum Gasteiger partial charge on any atom is 0.586 e. The number of benzene rings is 1. The molecule has 0 amide bonds. The quantitative estimate of drug-likeness (QED) is 0.771. The van der Waals surface area contributed by atoms with Crippen molar-refractivity contribution < 1.29 is 18.3 Å². The molecule has 0 fully saturated rings. The highest BCUT2D eigenvalue weighted by Crippen LogP contribution is 2.48. The van der Waals surface area contributed by atoms with E-state index < -0.39 is 6.29 Å². The van der Waals surface area contributed by atoms with Crippen LogP contribution in [0.4, 0.5) is 8.78 Å². The summed E-state index contributed by atoms with van der Waals surface area (Å²) >= 11 is 0. The van der Waals surface area contributed by atoms with E-state index in [0.717, 1.165) is 5.56 Å². The molecule has 1 aliphatic heterocycles. The Balaban J connectivity index is 2.62. The fourth-order valence-corrected chi connectivity index (χ4v) is 2.00. The molecule has 1 aromatic rings. The molecule has 0 spiro atoms. The molecular formula is C14H15F2NO2. The first-order valence-corrected chi connectivity index (χ1v) is 5.91. The van der Waals surface area contributed by atoms with E-state index >= 15 is 0 Å². The Hall–Kier alpha value is -1.91. The Labute approximate surface area is 110 Å². The predicted octanol–water partition coefficient (Wildman–Crippen LogP) is 4.11. The summed E-state index contributed by atoms with van der Waals surface area (Å²) in [5, 5.41) is 0. The molecule has 0 aromatic heterocycles. The fourth-order valence-electron chi connectivity index (χ4n) is 2.00. The van der Waals surface area contributed by atoms with Gasteiger partial charge in [0.2, 0.25) is 0 Å². The summed E-state index contributed by atoms with van der Waals surface area (Å²) < 4.78 is 35.7. The van der Waals surface area contributed by atoms with Gasteiger partial charge < -0.3 is 9.47 Å². The molecular weight excluding hydrogens is 252 g/mol. The number of ether oxygens (including phenoxy) is 2. The van der Waals surface area contributed by atoms with Gasteiger partial charge in [0.1, 0.15) is 0 Å². The van der Waals surface area contributed by atoms with Gasteiger partial charge in [-0.3, -0.25) is 4.99 Å². The Kier molecular flexibility index (Phi) is 3.30. The first-order valence-electron chi connectivity index (χ1n) is 5.91. The number of hydrogen-bond donors (Lipinski definition) is 0. The average molecular weight is 267 g/mol. The highest BCUT2D eigenvalue weighted by atomic mass is 19.3. The molecule has 0 unspecified atom stereocenters. The van der Waals surface area contributed by atoms with E-state index in [4.69, 9.17) is 0 Å². The lowest BCUT2D eigenvalue weighted by atomic mass is 9.95. The summed E-state index contributed by atoms with van der Waals surface area (Å²) in [6.07, 6.45) is -0.392. The second-order valence-electron chi connectivity index (χ2n) is 4.66. The molecule has 102 valence electrons. The molecule has 0 N–H and O–H groups in total. The van der Waals surface area contributed by atoms with Gasteiger partial charge in [0.05, 0.1) is 0 Å². The monoisotopic (exact) mass is 267 g/mol. The van der Waals surface area contributed by atoms with Crippen molar-refractivity contribution in [1.82, 2.24) is 0 Å². The molecule has 0 aliphatic carbocycles. The van der Waals surface area contributed by atoms with Crippen LogP contribution in [0.25, 0.3) is 6.08 Å². The second-order valence-corrected chi connectivity index (χ2v) is 4.66. The molecule has 1 heterocycles. The first kappa shape index (κ1) is 13.5. The zero-order valence-electron chi connectivity index (χ0n) is 11.0. The Morgan fingerprint density at radius 1 is 1.32 bits per heavy atom. The van der Waals surface area contributed by atoms with E-state index in [9.17, 15) is 8.78 Å². The third-order valence-electron chi connectivity index (χ3n) is 2.98. The molecule has 5 heteroatoms. The molecule has 1 aliphatic rings. The maximum absolute atomic E-state index is 13.3. The minimum atomic E-state index is -3.60. The van der Waals surface area contributed by atoms with Crippen LogP contribution in [0, 0.1) is 6.92 Å². The fraction of sp³-hybridized carbons (Fsp3) is 0.357. The van der Waals surface area contributed by atoms with Crippen molar-refractivity contribution in [2.75, 3.05) is 0 Å². The predicted molar refractivity (Wildman–Crippen MR) is 70.1 cm³/mol. The molecule has 0 atom stereocenters. The van der Waals surface area contributed by atoms with E-state index in [1.807, 2.05) is 19.9 Å². The lowest BCUT2D eigenvalue weighted by Gasteiger charge is -2.12. The van der Waals surface area contributed by atoms with Crippen LogP contribution < -0.4 is 9.47 Å². The Morgan fingerprint density at radius 3 is 2.53 bits per heavy atom. The van der Waals surface area contributed by atoms with E-state index in [2.05, 4.69) is 21.2 Å². The molecule has 3 nitrogen and oxygen atoms in total. The summed E-state index contributed by atoms with van der Waals surface area (Å²) in [4.78, 5) is 3.62. The van der Waals surface area contributed by atoms with E-state index in [0.29, 0.717) is 11.1 Å². The Morgan fingerprint density at radius 2 is 1.95 bits per heavy atom. The van der Waals surface area contributed by atoms with Crippen molar-refractivity contribution in [1.29, 1.82) is 0 Å². The number of aliphatic imine (C=N–C) groups is 1. The van der Waals surface area contributed by atoms with Crippen LogP contribution in [-0.4, -0.2) is 13.0 Å². The van der Waals surface area contributed by atoms with Crippen molar-refractivity contribution in [2.45, 2.75) is 33.0 Å². The molecule has 2 rings (SSSR count). The van der Waals surface area contributed by atoms with Crippen molar-refractivity contribution >= 4 is 12.8 Å². The van der Waals surface area contributed by atoms with Crippen molar-refractivity contribution in [3.05, 3.63) is 29.0 Å². The summed E-state index contributed by atoms with van der Waals surface area (Å²) in [5.74, 6) is 0.261. The van der Waals surface area contributed by atoms with E-state index in [-0.39, 0.29) is 17.4 Å². The van der Waals surface area contributed by atoms with Gasteiger partial charge in [-0.1, -0.05) is 13.8 Å². The normalized spacial score (nSPS) is 16.3. The van der Waals surface area contributed by atoms with E-state index in [1.165, 1.54) is 6.20 Å². The second kappa shape index (κ2) is 4.64. The molecule has 19 heavy (non-hydrogen) atoms. The van der Waals surface area contributed by atoms with Crippen LogP contribution in [0.15, 0.2) is 17.3 Å². The van der Waals surface area contributed by atoms with Crippen LogP contribution in [0.3, 0.4) is 0 Å². The zero-order valence-corrected chi connectivity index (χ0v) is 11.0. The average Bonchev–Trinajstić information content (AvgIpc) is 2.64. The SMILES string of the molecule is C=NC=Cc1cc(C(C)C)c2c(c1C)OC(F)(F)O2. The summed E-state index contributed by atoms with van der Waals surface area (Å²) in [6.45, 7) is 8.86. The van der Waals surface area contributed by atoms with Gasteiger partial charge in [-0.25, -0.2) is 0 Å². The van der Waals surface area contributed by atoms with Crippen molar-refractivity contribution in [2.24, 2.45) is 4.99 Å². The van der Waals surface area contributed by atoms with Gasteiger partial charge >= 0.3 is 6.29 Å². The number of fused-ring (bicyclic) bond motifs is 1. The summed E-state index contributed by atoms with van der Waals surface area (Å²) in [5.41, 5.74) is 2.04. The topological polar surface area (TPSA) is 30.8 Å². The van der Waals surface area contributed by atoms with Gasteiger partial charge in [-0.15, -0.1) is 8.78 Å². The Bertz CT molecular complexity index is 551. The largest absolute Gasteiger partial charge is 0.586 e. The number of nitrogens with zero attached hydrogens (tertiary/aromatic N) is 1. The summed E-state index contributed by atoms with van der Waals surface area (Å²) in [6, 6.07) is 1.81. The van der Waals surface area contributed by atoms with Gasteiger partial charge in [-0.05, 0) is 37.3 Å². The van der Waals surface area contributed by atoms with Crippen LogP contribution in [0.1, 0.15) is 36.5 Å². The van der Waals surface area contributed by atoms with E-state index in [1.54, 1.807) is 13.0 Å².